The molecule has 5 nitrogen and oxygen atoms in total. The number of carbonyl (C=O) groups excluding carboxylic acids is 2. The third kappa shape index (κ3) is 4.82. The number of likely N-dealkylation sites (tertiary alicyclic amines) is 2. The van der Waals surface area contributed by atoms with Gasteiger partial charge >= 0.3 is 0 Å². The smallest absolute Gasteiger partial charge is 0.241 e. The maximum atomic E-state index is 12.9. The van der Waals surface area contributed by atoms with E-state index in [9.17, 15) is 9.59 Å². The minimum absolute atomic E-state index is 0.0558. The van der Waals surface area contributed by atoms with E-state index in [2.05, 4.69) is 27.2 Å². The Bertz CT molecular complexity index is 732. The predicted octanol–water partition coefficient (Wildman–Crippen LogP) is 3.62. The first-order valence-electron chi connectivity index (χ1n) is 11.6. The average Bonchev–Trinajstić information content (AvgIpc) is 3.04. The van der Waals surface area contributed by atoms with Crippen LogP contribution in [0, 0.1) is 5.92 Å². The van der Waals surface area contributed by atoms with Crippen LogP contribution in [-0.2, 0) is 22.4 Å². The number of nitrogens with zero attached hydrogens (tertiary/aromatic N) is 2. The zero-order valence-electron chi connectivity index (χ0n) is 17.8. The van der Waals surface area contributed by atoms with Gasteiger partial charge in [-0.1, -0.05) is 18.9 Å². The Balaban J connectivity index is 1.27. The van der Waals surface area contributed by atoms with Crippen LogP contribution in [0.5, 0.6) is 0 Å². The summed E-state index contributed by atoms with van der Waals surface area (Å²) in [5.41, 5.74) is 3.71. The van der Waals surface area contributed by atoms with Gasteiger partial charge in [0.1, 0.15) is 0 Å². The van der Waals surface area contributed by atoms with E-state index >= 15 is 0 Å². The fraction of sp³-hybridized carbons (Fsp3) is 0.667. The van der Waals surface area contributed by atoms with Crippen molar-refractivity contribution in [3.8, 4) is 0 Å². The summed E-state index contributed by atoms with van der Waals surface area (Å²) in [4.78, 5) is 30.0. The number of piperidine rings is 1. The minimum atomic E-state index is -0.169. The zero-order chi connectivity index (χ0) is 20.2. The normalized spacial score (nSPS) is 22.0. The van der Waals surface area contributed by atoms with Crippen LogP contribution in [0.25, 0.3) is 0 Å². The summed E-state index contributed by atoms with van der Waals surface area (Å²) in [6.45, 7) is 5.49. The van der Waals surface area contributed by atoms with Crippen LogP contribution in [0.1, 0.15) is 63.0 Å². The zero-order valence-corrected chi connectivity index (χ0v) is 17.8. The van der Waals surface area contributed by atoms with E-state index in [1.165, 1.54) is 30.4 Å². The molecular weight excluding hydrogens is 362 g/mol. The van der Waals surface area contributed by atoms with E-state index < -0.39 is 0 Å². The molecule has 29 heavy (non-hydrogen) atoms. The van der Waals surface area contributed by atoms with E-state index in [-0.39, 0.29) is 17.9 Å². The van der Waals surface area contributed by atoms with Gasteiger partial charge in [-0.25, -0.2) is 0 Å². The quantitative estimate of drug-likeness (QED) is 0.844. The molecule has 0 saturated carbocycles. The monoisotopic (exact) mass is 397 g/mol. The molecule has 1 aliphatic carbocycles. The number of fused-ring (bicyclic) bond motifs is 1. The lowest BCUT2D eigenvalue weighted by Gasteiger charge is -2.36. The van der Waals surface area contributed by atoms with Gasteiger partial charge in [0.15, 0.2) is 0 Å². The number of amides is 2. The first-order chi connectivity index (χ1) is 14.1. The van der Waals surface area contributed by atoms with E-state index in [0.29, 0.717) is 5.91 Å². The highest BCUT2D eigenvalue weighted by Crippen LogP contribution is 2.26. The Morgan fingerprint density at radius 2 is 1.62 bits per heavy atom. The molecule has 2 fully saturated rings. The third-order valence-corrected chi connectivity index (χ3v) is 7.09. The molecule has 1 aromatic carbocycles. The highest BCUT2D eigenvalue weighted by Gasteiger charge is 2.32. The van der Waals surface area contributed by atoms with Crippen LogP contribution in [-0.4, -0.2) is 53.8 Å². The standard InChI is InChI=1S/C24H35N3O2/c1-18(23(28)25-22-10-9-19-7-6-8-21(19)17-22)26-15-11-20(12-16-26)24(29)27-13-4-2-3-5-14-27/h9-10,17-18,20H,2-8,11-16H2,1H3,(H,25,28)/t18-/m1/s1. The molecular formula is C24H35N3O2. The minimum Gasteiger partial charge on any atom is -0.342 e. The van der Waals surface area contributed by atoms with Crippen LogP contribution in [0.2, 0.25) is 0 Å². The molecule has 1 aromatic rings. The molecule has 158 valence electrons. The Morgan fingerprint density at radius 3 is 2.34 bits per heavy atom. The Morgan fingerprint density at radius 1 is 0.931 bits per heavy atom. The number of aryl methyl sites for hydroxylation is 2. The number of benzene rings is 1. The molecule has 0 aromatic heterocycles. The van der Waals surface area contributed by atoms with Crippen molar-refractivity contribution in [3.05, 3.63) is 29.3 Å². The molecule has 5 heteroatoms. The maximum absolute atomic E-state index is 12.9. The molecule has 1 N–H and O–H groups in total. The Labute approximate surface area is 174 Å². The van der Waals surface area contributed by atoms with E-state index in [1.54, 1.807) is 0 Å². The van der Waals surface area contributed by atoms with Crippen molar-refractivity contribution in [2.75, 3.05) is 31.5 Å². The summed E-state index contributed by atoms with van der Waals surface area (Å²) in [5.74, 6) is 0.540. The van der Waals surface area contributed by atoms with Gasteiger partial charge in [-0.15, -0.1) is 0 Å². The molecule has 1 atom stereocenters. The summed E-state index contributed by atoms with van der Waals surface area (Å²) < 4.78 is 0. The second kappa shape index (κ2) is 9.29. The topological polar surface area (TPSA) is 52.7 Å². The molecule has 2 heterocycles. The Hall–Kier alpha value is -1.88. The molecule has 2 saturated heterocycles. The molecule has 0 bridgehead atoms. The molecule has 3 aliphatic rings. The van der Waals surface area contributed by atoms with E-state index in [1.807, 2.05) is 13.0 Å². The summed E-state index contributed by atoms with van der Waals surface area (Å²) in [6, 6.07) is 6.15. The highest BCUT2D eigenvalue weighted by atomic mass is 16.2. The highest BCUT2D eigenvalue weighted by molar-refractivity contribution is 5.94. The van der Waals surface area contributed by atoms with E-state index in [4.69, 9.17) is 0 Å². The van der Waals surface area contributed by atoms with Crippen molar-refractivity contribution in [1.29, 1.82) is 0 Å². The lowest BCUT2D eigenvalue weighted by molar-refractivity contribution is -0.137. The molecule has 4 rings (SSSR count). The predicted molar refractivity (Wildman–Crippen MR) is 116 cm³/mol. The van der Waals surface area contributed by atoms with Crippen LogP contribution >= 0.6 is 0 Å². The van der Waals surface area contributed by atoms with Crippen LogP contribution < -0.4 is 5.32 Å². The molecule has 2 amide bonds. The second-order valence-electron chi connectivity index (χ2n) is 9.05. The lowest BCUT2D eigenvalue weighted by Crippen LogP contribution is -2.48. The first-order valence-corrected chi connectivity index (χ1v) is 11.6. The number of nitrogens with one attached hydrogen (secondary N) is 1. The fourth-order valence-corrected chi connectivity index (χ4v) is 5.15. The maximum Gasteiger partial charge on any atom is 0.241 e. The van der Waals surface area contributed by atoms with Gasteiger partial charge in [-0.05, 0) is 88.2 Å². The van der Waals surface area contributed by atoms with Crippen molar-refractivity contribution in [1.82, 2.24) is 9.80 Å². The molecule has 2 aliphatic heterocycles. The van der Waals surface area contributed by atoms with Gasteiger partial charge < -0.3 is 10.2 Å². The van der Waals surface area contributed by atoms with Crippen molar-refractivity contribution in [3.63, 3.8) is 0 Å². The SMILES string of the molecule is C[C@H](C(=O)Nc1ccc2c(c1)CCC2)N1CCC(C(=O)N2CCCCCC2)CC1. The number of hydrogen-bond donors (Lipinski definition) is 1. The Kier molecular flexibility index (Phi) is 6.53. The van der Waals surface area contributed by atoms with Gasteiger partial charge in [0, 0.05) is 24.7 Å². The number of anilines is 1. The van der Waals surface area contributed by atoms with Gasteiger partial charge in [0.25, 0.3) is 0 Å². The number of rotatable bonds is 4. The number of carbonyl (C=O) groups is 2. The van der Waals surface area contributed by atoms with Crippen LogP contribution in [0.3, 0.4) is 0 Å². The van der Waals surface area contributed by atoms with Gasteiger partial charge in [0.2, 0.25) is 11.8 Å². The summed E-state index contributed by atoms with van der Waals surface area (Å²) in [6.07, 6.45) is 10.0. The van der Waals surface area contributed by atoms with Crippen molar-refractivity contribution >= 4 is 17.5 Å². The van der Waals surface area contributed by atoms with Crippen LogP contribution in [0.4, 0.5) is 5.69 Å². The van der Waals surface area contributed by atoms with Gasteiger partial charge in [-0.2, -0.15) is 0 Å². The van der Waals surface area contributed by atoms with Crippen molar-refractivity contribution in [2.24, 2.45) is 5.92 Å². The second-order valence-corrected chi connectivity index (χ2v) is 9.05. The summed E-state index contributed by atoms with van der Waals surface area (Å²) in [7, 11) is 0. The largest absolute Gasteiger partial charge is 0.342 e. The van der Waals surface area contributed by atoms with Gasteiger partial charge in [0.05, 0.1) is 6.04 Å². The molecule has 0 unspecified atom stereocenters. The molecule has 0 radical (unpaired) electrons. The number of hydrogen-bond acceptors (Lipinski definition) is 3. The van der Waals surface area contributed by atoms with Gasteiger partial charge in [-0.3, -0.25) is 14.5 Å². The summed E-state index contributed by atoms with van der Waals surface area (Å²) in [5, 5.41) is 3.11. The third-order valence-electron chi connectivity index (χ3n) is 7.09. The van der Waals surface area contributed by atoms with E-state index in [0.717, 1.165) is 70.4 Å². The van der Waals surface area contributed by atoms with Crippen molar-refractivity contribution in [2.45, 2.75) is 70.8 Å². The summed E-state index contributed by atoms with van der Waals surface area (Å²) >= 11 is 0. The average molecular weight is 398 g/mol. The lowest BCUT2D eigenvalue weighted by atomic mass is 9.94. The first kappa shape index (κ1) is 20.4. The fourth-order valence-electron chi connectivity index (χ4n) is 5.15. The van der Waals surface area contributed by atoms with Crippen LogP contribution in [0.15, 0.2) is 18.2 Å². The van der Waals surface area contributed by atoms with Crippen molar-refractivity contribution < 1.29 is 9.59 Å². The molecule has 0 spiro atoms.